The van der Waals surface area contributed by atoms with Gasteiger partial charge in [0.2, 0.25) is 0 Å². The van der Waals surface area contributed by atoms with Gasteiger partial charge in [-0.3, -0.25) is 4.79 Å². The highest BCUT2D eigenvalue weighted by molar-refractivity contribution is 6.30. The average molecular weight is 352 g/mol. The second-order valence-electron chi connectivity index (χ2n) is 5.81. The number of hydrogen-bond donors (Lipinski definition) is 1. The molecule has 1 aromatic heterocycles. The Morgan fingerprint density at radius 2 is 1.76 bits per heavy atom. The fraction of sp³-hybridized carbons (Fsp3) is 0.150. The highest BCUT2D eigenvalue weighted by Crippen LogP contribution is 2.18. The average Bonchev–Trinajstić information content (AvgIpc) is 2.62. The second-order valence-corrected chi connectivity index (χ2v) is 6.24. The van der Waals surface area contributed by atoms with E-state index in [4.69, 9.17) is 11.6 Å². The number of benzene rings is 2. The molecule has 0 spiro atoms. The van der Waals surface area contributed by atoms with E-state index in [2.05, 4.69) is 15.3 Å². The zero-order valence-electron chi connectivity index (χ0n) is 14.0. The molecule has 1 heterocycles. The number of aromatic nitrogens is 2. The quantitative estimate of drug-likeness (QED) is 0.747. The van der Waals surface area contributed by atoms with Crippen LogP contribution in [0.5, 0.6) is 0 Å². The van der Waals surface area contributed by atoms with E-state index in [1.54, 1.807) is 6.20 Å². The van der Waals surface area contributed by atoms with Gasteiger partial charge in [-0.15, -0.1) is 0 Å². The molecule has 5 heteroatoms. The Morgan fingerprint density at radius 1 is 1.08 bits per heavy atom. The molecule has 25 heavy (non-hydrogen) atoms. The maximum Gasteiger partial charge on any atom is 0.255 e. The fourth-order valence-electron chi connectivity index (χ4n) is 2.53. The molecule has 0 aliphatic heterocycles. The summed E-state index contributed by atoms with van der Waals surface area (Å²) in [5.74, 6) is 0.417. The van der Waals surface area contributed by atoms with E-state index in [1.807, 2.05) is 68.4 Å². The molecule has 0 aliphatic rings. The molecule has 0 fully saturated rings. The molecule has 0 saturated heterocycles. The van der Waals surface area contributed by atoms with Gasteiger partial charge in [-0.2, -0.15) is 0 Å². The third-order valence-corrected chi connectivity index (χ3v) is 4.23. The first-order valence-corrected chi connectivity index (χ1v) is 8.38. The second kappa shape index (κ2) is 7.45. The highest BCUT2D eigenvalue weighted by atomic mass is 35.5. The number of nitrogens with one attached hydrogen (secondary N) is 1. The molecule has 0 radical (unpaired) electrons. The number of nitrogens with zero attached hydrogens (tertiary/aromatic N) is 2. The minimum absolute atomic E-state index is 0.141. The van der Waals surface area contributed by atoms with Gasteiger partial charge >= 0.3 is 0 Å². The molecule has 1 amide bonds. The van der Waals surface area contributed by atoms with Gasteiger partial charge < -0.3 is 5.32 Å². The number of carbonyl (C=O) groups is 1. The van der Waals surface area contributed by atoms with Crippen LogP contribution in [-0.2, 0) is 0 Å². The van der Waals surface area contributed by atoms with Crippen molar-refractivity contribution in [1.29, 1.82) is 0 Å². The van der Waals surface area contributed by atoms with E-state index in [0.29, 0.717) is 22.1 Å². The lowest BCUT2D eigenvalue weighted by molar-refractivity contribution is 0.0938. The first kappa shape index (κ1) is 17.1. The predicted octanol–water partition coefficient (Wildman–Crippen LogP) is 4.60. The molecular formula is C20H18ClN3O. The molecule has 3 aromatic rings. The smallest absolute Gasteiger partial charge is 0.255 e. The van der Waals surface area contributed by atoms with E-state index >= 15 is 0 Å². The summed E-state index contributed by atoms with van der Waals surface area (Å²) in [6.45, 7) is 3.74. The van der Waals surface area contributed by atoms with E-state index in [-0.39, 0.29) is 11.9 Å². The number of carbonyl (C=O) groups excluding carboxylic acids is 1. The Hall–Kier alpha value is -2.72. The van der Waals surface area contributed by atoms with Crippen molar-refractivity contribution >= 4 is 17.5 Å². The van der Waals surface area contributed by atoms with Crippen LogP contribution in [0, 0.1) is 6.92 Å². The Morgan fingerprint density at radius 3 is 2.40 bits per heavy atom. The van der Waals surface area contributed by atoms with Crippen LogP contribution in [0.25, 0.3) is 11.4 Å². The molecule has 126 valence electrons. The molecule has 2 aromatic carbocycles. The summed E-state index contributed by atoms with van der Waals surface area (Å²) < 4.78 is 0. The van der Waals surface area contributed by atoms with E-state index < -0.39 is 0 Å². The van der Waals surface area contributed by atoms with E-state index in [0.717, 1.165) is 11.1 Å². The SMILES string of the molecule is Cc1nc(-c2ccccc2)ncc1C(=O)N[C@@H](C)c1ccc(Cl)cc1. The minimum atomic E-state index is -0.195. The molecule has 3 rings (SSSR count). The van der Waals surface area contributed by atoms with Crippen molar-refractivity contribution in [3.8, 4) is 11.4 Å². The monoisotopic (exact) mass is 351 g/mol. The Balaban J connectivity index is 1.77. The van der Waals surface area contributed by atoms with Gasteiger partial charge in [0.15, 0.2) is 5.82 Å². The maximum absolute atomic E-state index is 12.5. The first-order valence-electron chi connectivity index (χ1n) is 8.00. The molecular weight excluding hydrogens is 334 g/mol. The first-order chi connectivity index (χ1) is 12.0. The molecule has 0 aliphatic carbocycles. The Kier molecular flexibility index (Phi) is 5.10. The maximum atomic E-state index is 12.5. The molecule has 1 N–H and O–H groups in total. The van der Waals surface area contributed by atoms with Gasteiger partial charge in [0.1, 0.15) is 0 Å². The normalized spacial score (nSPS) is 11.8. The van der Waals surface area contributed by atoms with Gasteiger partial charge in [-0.1, -0.05) is 54.1 Å². The summed E-state index contributed by atoms with van der Waals surface area (Å²) in [5.41, 5.74) is 3.03. The third kappa shape index (κ3) is 4.03. The van der Waals surface area contributed by atoms with Crippen LogP contribution in [0.3, 0.4) is 0 Å². The fourth-order valence-corrected chi connectivity index (χ4v) is 2.65. The van der Waals surface area contributed by atoms with Crippen molar-refractivity contribution < 1.29 is 4.79 Å². The summed E-state index contributed by atoms with van der Waals surface area (Å²) in [6.07, 6.45) is 1.58. The van der Waals surface area contributed by atoms with Crippen LogP contribution in [0.4, 0.5) is 0 Å². The van der Waals surface area contributed by atoms with Crippen LogP contribution >= 0.6 is 11.6 Å². The van der Waals surface area contributed by atoms with Crippen LogP contribution in [0.2, 0.25) is 5.02 Å². The van der Waals surface area contributed by atoms with E-state index in [1.165, 1.54) is 0 Å². The molecule has 0 unspecified atom stereocenters. The third-order valence-electron chi connectivity index (χ3n) is 3.97. The largest absolute Gasteiger partial charge is 0.345 e. The molecule has 1 atom stereocenters. The van der Waals surface area contributed by atoms with Gasteiger partial charge in [-0.05, 0) is 31.5 Å². The van der Waals surface area contributed by atoms with Crippen molar-refractivity contribution in [2.45, 2.75) is 19.9 Å². The van der Waals surface area contributed by atoms with Crippen LogP contribution in [0.1, 0.15) is 34.6 Å². The summed E-state index contributed by atoms with van der Waals surface area (Å²) in [5, 5.41) is 3.64. The zero-order chi connectivity index (χ0) is 17.8. The lowest BCUT2D eigenvalue weighted by atomic mass is 10.1. The van der Waals surface area contributed by atoms with Gasteiger partial charge in [0.25, 0.3) is 5.91 Å². The Bertz CT molecular complexity index is 879. The van der Waals surface area contributed by atoms with Crippen LogP contribution in [0.15, 0.2) is 60.8 Å². The van der Waals surface area contributed by atoms with Crippen molar-refractivity contribution in [2.24, 2.45) is 0 Å². The van der Waals surface area contributed by atoms with Crippen molar-refractivity contribution in [2.75, 3.05) is 0 Å². The predicted molar refractivity (Wildman–Crippen MR) is 99.5 cm³/mol. The minimum Gasteiger partial charge on any atom is -0.345 e. The van der Waals surface area contributed by atoms with E-state index in [9.17, 15) is 4.79 Å². The molecule has 4 nitrogen and oxygen atoms in total. The number of rotatable bonds is 4. The summed E-state index contributed by atoms with van der Waals surface area (Å²) in [4.78, 5) is 21.3. The molecule has 0 bridgehead atoms. The van der Waals surface area contributed by atoms with Gasteiger partial charge in [-0.25, -0.2) is 9.97 Å². The van der Waals surface area contributed by atoms with Crippen molar-refractivity contribution in [1.82, 2.24) is 15.3 Å². The summed E-state index contributed by atoms with van der Waals surface area (Å²) in [6, 6.07) is 17.0. The van der Waals surface area contributed by atoms with Crippen molar-refractivity contribution in [3.63, 3.8) is 0 Å². The number of halogens is 1. The number of amides is 1. The van der Waals surface area contributed by atoms with Gasteiger partial charge in [0.05, 0.1) is 17.3 Å². The zero-order valence-corrected chi connectivity index (χ0v) is 14.8. The summed E-state index contributed by atoms with van der Waals surface area (Å²) >= 11 is 5.90. The molecule has 0 saturated carbocycles. The van der Waals surface area contributed by atoms with Gasteiger partial charge in [0, 0.05) is 16.8 Å². The number of hydrogen-bond acceptors (Lipinski definition) is 3. The number of aryl methyl sites for hydroxylation is 1. The topological polar surface area (TPSA) is 54.9 Å². The lowest BCUT2D eigenvalue weighted by Crippen LogP contribution is -2.27. The van der Waals surface area contributed by atoms with Crippen molar-refractivity contribution in [3.05, 3.63) is 82.6 Å². The highest BCUT2D eigenvalue weighted by Gasteiger charge is 2.15. The van der Waals surface area contributed by atoms with Crippen LogP contribution < -0.4 is 5.32 Å². The van der Waals surface area contributed by atoms with Crippen LogP contribution in [-0.4, -0.2) is 15.9 Å². The Labute approximate surface area is 151 Å². The standard InChI is InChI=1S/C20H18ClN3O/c1-13(15-8-10-17(21)11-9-15)24-20(25)18-12-22-19(23-14(18)2)16-6-4-3-5-7-16/h3-13H,1-2H3,(H,24,25)/t13-/m0/s1. The lowest BCUT2D eigenvalue weighted by Gasteiger charge is -2.15. The summed E-state index contributed by atoms with van der Waals surface area (Å²) in [7, 11) is 0.